The van der Waals surface area contributed by atoms with Crippen molar-refractivity contribution < 1.29 is 4.52 Å². The summed E-state index contributed by atoms with van der Waals surface area (Å²) in [6, 6.07) is 7.24. The van der Waals surface area contributed by atoms with Gasteiger partial charge in [0.05, 0.1) is 6.04 Å². The molecule has 0 spiro atoms. The number of anilines is 1. The number of benzene rings is 1. The van der Waals surface area contributed by atoms with Crippen LogP contribution in [-0.2, 0) is 0 Å². The van der Waals surface area contributed by atoms with E-state index in [1.54, 1.807) is 16.8 Å². The van der Waals surface area contributed by atoms with Gasteiger partial charge in [-0.15, -0.1) is 5.10 Å². The molecule has 3 aromatic rings. The van der Waals surface area contributed by atoms with Gasteiger partial charge in [-0.3, -0.25) is 0 Å². The zero-order valence-electron chi connectivity index (χ0n) is 11.5. The second-order valence-electron chi connectivity index (χ2n) is 4.79. The Bertz CT molecular complexity index is 761. The number of rotatable bonds is 3. The fourth-order valence-electron chi connectivity index (χ4n) is 1.87. The minimum atomic E-state index is 0.102. The maximum absolute atomic E-state index is 6.00. The average Bonchev–Trinajstić information content (AvgIpc) is 3.06. The second kappa shape index (κ2) is 5.17. The van der Waals surface area contributed by atoms with Crippen molar-refractivity contribution in [3.05, 3.63) is 29.3 Å². The van der Waals surface area contributed by atoms with Gasteiger partial charge in [0.25, 0.3) is 5.89 Å². The van der Waals surface area contributed by atoms with Crippen LogP contribution in [0.15, 0.2) is 28.8 Å². The fourth-order valence-corrected chi connectivity index (χ4v) is 2.00. The monoisotopic (exact) mass is 304 g/mol. The minimum absolute atomic E-state index is 0.102. The van der Waals surface area contributed by atoms with Crippen LogP contribution in [0.4, 0.5) is 5.82 Å². The second-order valence-corrected chi connectivity index (χ2v) is 5.23. The van der Waals surface area contributed by atoms with E-state index in [-0.39, 0.29) is 11.9 Å². The van der Waals surface area contributed by atoms with E-state index in [0.717, 1.165) is 5.56 Å². The van der Waals surface area contributed by atoms with Gasteiger partial charge in [-0.25, -0.2) is 4.68 Å². The largest absolute Gasteiger partial charge is 0.382 e. The number of halogens is 1. The van der Waals surface area contributed by atoms with E-state index in [4.69, 9.17) is 21.9 Å². The maximum Gasteiger partial charge on any atom is 0.282 e. The van der Waals surface area contributed by atoms with E-state index in [1.165, 1.54) is 0 Å². The average molecular weight is 305 g/mol. The first-order valence-electron chi connectivity index (χ1n) is 6.37. The third-order valence-electron chi connectivity index (χ3n) is 2.95. The molecule has 0 atom stereocenters. The Labute approximate surface area is 125 Å². The summed E-state index contributed by atoms with van der Waals surface area (Å²) in [4.78, 5) is 4.30. The highest BCUT2D eigenvalue weighted by Crippen LogP contribution is 2.26. The van der Waals surface area contributed by atoms with Gasteiger partial charge in [0.2, 0.25) is 5.82 Å². The van der Waals surface area contributed by atoms with Crippen molar-refractivity contribution in [1.29, 1.82) is 0 Å². The Morgan fingerprint density at radius 1 is 1.24 bits per heavy atom. The lowest BCUT2D eigenvalue weighted by atomic mass is 10.2. The van der Waals surface area contributed by atoms with Crippen molar-refractivity contribution in [2.45, 2.75) is 19.9 Å². The normalized spacial score (nSPS) is 11.2. The van der Waals surface area contributed by atoms with Gasteiger partial charge in [-0.05, 0) is 38.1 Å². The van der Waals surface area contributed by atoms with Crippen LogP contribution < -0.4 is 5.73 Å². The molecule has 0 saturated heterocycles. The van der Waals surface area contributed by atoms with Crippen molar-refractivity contribution in [3.8, 4) is 23.0 Å². The van der Waals surface area contributed by atoms with Gasteiger partial charge in [-0.1, -0.05) is 22.0 Å². The first-order valence-corrected chi connectivity index (χ1v) is 6.74. The molecule has 2 aromatic heterocycles. The van der Waals surface area contributed by atoms with Gasteiger partial charge in [-0.2, -0.15) is 4.98 Å². The summed E-state index contributed by atoms with van der Waals surface area (Å²) >= 11 is 5.85. The van der Waals surface area contributed by atoms with Gasteiger partial charge in [0.15, 0.2) is 11.5 Å². The molecule has 3 rings (SSSR count). The summed E-state index contributed by atoms with van der Waals surface area (Å²) in [6.45, 7) is 3.92. The first kappa shape index (κ1) is 13.6. The van der Waals surface area contributed by atoms with E-state index in [0.29, 0.717) is 22.4 Å². The fraction of sp³-hybridized carbons (Fsp3) is 0.231. The van der Waals surface area contributed by atoms with Crippen molar-refractivity contribution >= 4 is 17.4 Å². The van der Waals surface area contributed by atoms with Crippen LogP contribution in [0.25, 0.3) is 23.0 Å². The predicted molar refractivity (Wildman–Crippen MR) is 78.6 cm³/mol. The lowest BCUT2D eigenvalue weighted by Crippen LogP contribution is -2.07. The molecule has 108 valence electrons. The van der Waals surface area contributed by atoms with Gasteiger partial charge in [0.1, 0.15) is 0 Å². The molecule has 0 unspecified atom stereocenters. The van der Waals surface area contributed by atoms with Crippen molar-refractivity contribution in [2.24, 2.45) is 0 Å². The van der Waals surface area contributed by atoms with Crippen LogP contribution in [0, 0.1) is 0 Å². The van der Waals surface area contributed by atoms with E-state index >= 15 is 0 Å². The van der Waals surface area contributed by atoms with Crippen molar-refractivity contribution in [2.75, 3.05) is 5.73 Å². The molecule has 2 N–H and O–H groups in total. The Hall–Kier alpha value is -2.41. The van der Waals surface area contributed by atoms with Crippen LogP contribution in [-0.4, -0.2) is 25.1 Å². The third kappa shape index (κ3) is 2.47. The maximum atomic E-state index is 6.00. The molecule has 7 nitrogen and oxygen atoms in total. The van der Waals surface area contributed by atoms with Crippen LogP contribution >= 0.6 is 11.6 Å². The topological polar surface area (TPSA) is 95.6 Å². The summed E-state index contributed by atoms with van der Waals surface area (Å²) in [5.41, 5.74) is 7.18. The Morgan fingerprint density at radius 3 is 2.57 bits per heavy atom. The van der Waals surface area contributed by atoms with Gasteiger partial charge in [0, 0.05) is 10.6 Å². The molecule has 0 aliphatic carbocycles. The number of aromatic nitrogens is 5. The molecule has 2 heterocycles. The van der Waals surface area contributed by atoms with Crippen LogP contribution in [0.2, 0.25) is 5.02 Å². The number of nitrogens with zero attached hydrogens (tertiary/aromatic N) is 5. The van der Waals surface area contributed by atoms with Gasteiger partial charge < -0.3 is 10.3 Å². The standard InChI is InChI=1S/C13H13ClN6O/c1-7(2)20-11(15)10(17-19-20)13-16-12(18-21-13)8-3-5-9(14)6-4-8/h3-7H,15H2,1-2H3. The molecule has 0 fully saturated rings. The molecular formula is C13H13ClN6O. The van der Waals surface area contributed by atoms with Crippen LogP contribution in [0.3, 0.4) is 0 Å². The molecule has 0 bridgehead atoms. The minimum Gasteiger partial charge on any atom is -0.382 e. The van der Waals surface area contributed by atoms with E-state index < -0.39 is 0 Å². The smallest absolute Gasteiger partial charge is 0.282 e. The molecule has 0 amide bonds. The molecule has 0 radical (unpaired) electrons. The molecule has 0 aliphatic rings. The number of hydrogen-bond acceptors (Lipinski definition) is 6. The van der Waals surface area contributed by atoms with Gasteiger partial charge >= 0.3 is 0 Å². The molecule has 8 heteroatoms. The van der Waals surface area contributed by atoms with Crippen LogP contribution in [0.5, 0.6) is 0 Å². The van der Waals surface area contributed by atoms with E-state index in [2.05, 4.69) is 20.5 Å². The third-order valence-corrected chi connectivity index (χ3v) is 3.20. The predicted octanol–water partition coefficient (Wildman–Crippen LogP) is 2.81. The summed E-state index contributed by atoms with van der Waals surface area (Å²) in [6.07, 6.45) is 0. The lowest BCUT2D eigenvalue weighted by molar-refractivity contribution is 0.431. The molecular weight excluding hydrogens is 292 g/mol. The zero-order chi connectivity index (χ0) is 15.0. The lowest BCUT2D eigenvalue weighted by Gasteiger charge is -2.04. The van der Waals surface area contributed by atoms with Crippen molar-refractivity contribution in [3.63, 3.8) is 0 Å². The molecule has 1 aromatic carbocycles. The highest BCUT2D eigenvalue weighted by Gasteiger charge is 2.19. The van der Waals surface area contributed by atoms with Crippen molar-refractivity contribution in [1.82, 2.24) is 25.1 Å². The first-order chi connectivity index (χ1) is 10.1. The molecule has 0 saturated carbocycles. The highest BCUT2D eigenvalue weighted by atomic mass is 35.5. The number of hydrogen-bond donors (Lipinski definition) is 1. The Morgan fingerprint density at radius 2 is 1.95 bits per heavy atom. The van der Waals surface area contributed by atoms with Crippen LogP contribution in [0.1, 0.15) is 19.9 Å². The summed E-state index contributed by atoms with van der Waals surface area (Å²) in [5.74, 6) is 1.08. The Balaban J connectivity index is 1.97. The molecule has 21 heavy (non-hydrogen) atoms. The summed E-state index contributed by atoms with van der Waals surface area (Å²) in [7, 11) is 0. The molecule has 0 aliphatic heterocycles. The highest BCUT2D eigenvalue weighted by molar-refractivity contribution is 6.30. The number of nitrogen functional groups attached to an aromatic ring is 1. The quantitative estimate of drug-likeness (QED) is 0.799. The summed E-state index contributed by atoms with van der Waals surface area (Å²) < 4.78 is 6.82. The number of nitrogens with two attached hydrogens (primary N) is 1. The van der Waals surface area contributed by atoms with E-state index in [9.17, 15) is 0 Å². The Kier molecular flexibility index (Phi) is 3.34. The van der Waals surface area contributed by atoms with E-state index in [1.807, 2.05) is 26.0 Å². The SMILES string of the molecule is CC(C)n1nnc(-c2nc(-c3ccc(Cl)cc3)no2)c1N. The summed E-state index contributed by atoms with van der Waals surface area (Å²) in [5, 5.41) is 12.6. The zero-order valence-corrected chi connectivity index (χ0v) is 12.2.